The molecule has 0 spiro atoms. The zero-order chi connectivity index (χ0) is 13.1. The van der Waals surface area contributed by atoms with Gasteiger partial charge in [0.1, 0.15) is 0 Å². The van der Waals surface area contributed by atoms with Crippen LogP contribution in [0.15, 0.2) is 29.4 Å². The average molecular weight is 247 g/mol. The second kappa shape index (κ2) is 5.08. The number of nitrogens with two attached hydrogens (primary N) is 1. The lowest BCUT2D eigenvalue weighted by atomic mass is 10.1. The molecule has 3 N–H and O–H groups in total. The number of likely N-dealkylation sites (tertiary alicyclic amines) is 1. The SMILES string of the molecule is CC1CCN(C(=O)c2cccc(/C(N)=N/O)c2)C1. The minimum atomic E-state index is 0.00643. The smallest absolute Gasteiger partial charge is 0.253 e. The Bertz CT molecular complexity index is 485. The fraction of sp³-hybridized carbons (Fsp3) is 0.385. The first-order valence-electron chi connectivity index (χ1n) is 5.99. The van der Waals surface area contributed by atoms with Crippen LogP contribution in [0.5, 0.6) is 0 Å². The van der Waals surface area contributed by atoms with Crippen LogP contribution in [-0.4, -0.2) is 34.9 Å². The molecular weight excluding hydrogens is 230 g/mol. The van der Waals surface area contributed by atoms with E-state index in [0.717, 1.165) is 19.5 Å². The third kappa shape index (κ3) is 2.45. The number of nitrogens with zero attached hydrogens (tertiary/aromatic N) is 2. The van der Waals surface area contributed by atoms with Gasteiger partial charge in [-0.3, -0.25) is 4.79 Å². The second-order valence-corrected chi connectivity index (χ2v) is 4.71. The summed E-state index contributed by atoms with van der Waals surface area (Å²) >= 11 is 0. The summed E-state index contributed by atoms with van der Waals surface area (Å²) in [6, 6.07) is 6.85. The van der Waals surface area contributed by atoms with E-state index < -0.39 is 0 Å². The summed E-state index contributed by atoms with van der Waals surface area (Å²) in [5.74, 6) is 0.576. The standard InChI is InChI=1S/C13H17N3O2/c1-9-5-6-16(8-9)13(17)11-4-2-3-10(7-11)12(14)15-18/h2-4,7,9,18H,5-6,8H2,1H3,(H2,14,15). The highest BCUT2D eigenvalue weighted by molar-refractivity contribution is 6.01. The van der Waals surface area contributed by atoms with Crippen molar-refractivity contribution in [2.24, 2.45) is 16.8 Å². The van der Waals surface area contributed by atoms with Crippen LogP contribution in [0.4, 0.5) is 0 Å². The van der Waals surface area contributed by atoms with Crippen LogP contribution in [0.3, 0.4) is 0 Å². The third-order valence-corrected chi connectivity index (χ3v) is 3.22. The van der Waals surface area contributed by atoms with Gasteiger partial charge in [0, 0.05) is 24.2 Å². The van der Waals surface area contributed by atoms with Gasteiger partial charge >= 0.3 is 0 Å². The molecule has 96 valence electrons. The molecule has 5 heteroatoms. The van der Waals surface area contributed by atoms with Crippen LogP contribution in [0.2, 0.25) is 0 Å². The van der Waals surface area contributed by atoms with Crippen molar-refractivity contribution >= 4 is 11.7 Å². The number of carbonyl (C=O) groups excluding carboxylic acids is 1. The third-order valence-electron chi connectivity index (χ3n) is 3.22. The number of hydrogen-bond donors (Lipinski definition) is 2. The molecule has 1 heterocycles. The molecule has 1 amide bonds. The highest BCUT2D eigenvalue weighted by Gasteiger charge is 2.24. The summed E-state index contributed by atoms with van der Waals surface area (Å²) in [7, 11) is 0. The second-order valence-electron chi connectivity index (χ2n) is 4.71. The Hall–Kier alpha value is -2.04. The average Bonchev–Trinajstić information content (AvgIpc) is 2.83. The lowest BCUT2D eigenvalue weighted by Crippen LogP contribution is -2.28. The van der Waals surface area contributed by atoms with E-state index in [-0.39, 0.29) is 11.7 Å². The monoisotopic (exact) mass is 247 g/mol. The summed E-state index contributed by atoms with van der Waals surface area (Å²) in [5, 5.41) is 11.6. The van der Waals surface area contributed by atoms with E-state index in [0.29, 0.717) is 17.0 Å². The predicted octanol–water partition coefficient (Wildman–Crippen LogP) is 1.26. The van der Waals surface area contributed by atoms with Crippen molar-refractivity contribution in [1.82, 2.24) is 4.90 Å². The van der Waals surface area contributed by atoms with Crippen molar-refractivity contribution in [2.45, 2.75) is 13.3 Å². The van der Waals surface area contributed by atoms with Crippen molar-refractivity contribution < 1.29 is 10.0 Å². The van der Waals surface area contributed by atoms with Crippen LogP contribution >= 0.6 is 0 Å². The number of carbonyl (C=O) groups is 1. The predicted molar refractivity (Wildman–Crippen MR) is 68.6 cm³/mol. The Balaban J connectivity index is 2.21. The summed E-state index contributed by atoms with van der Waals surface area (Å²) in [4.78, 5) is 14.1. The molecule has 1 unspecified atom stereocenters. The maximum atomic E-state index is 12.2. The van der Waals surface area contributed by atoms with Crippen LogP contribution in [-0.2, 0) is 0 Å². The Morgan fingerprint density at radius 2 is 2.22 bits per heavy atom. The number of hydrogen-bond acceptors (Lipinski definition) is 3. The van der Waals surface area contributed by atoms with Gasteiger partial charge in [0.05, 0.1) is 0 Å². The van der Waals surface area contributed by atoms with Gasteiger partial charge in [-0.25, -0.2) is 0 Å². The van der Waals surface area contributed by atoms with E-state index in [1.807, 2.05) is 4.90 Å². The first-order valence-corrected chi connectivity index (χ1v) is 5.99. The van der Waals surface area contributed by atoms with E-state index in [1.165, 1.54) is 0 Å². The molecular formula is C13H17N3O2. The number of benzene rings is 1. The summed E-state index contributed by atoms with van der Waals surface area (Å²) < 4.78 is 0. The summed E-state index contributed by atoms with van der Waals surface area (Å²) in [6.45, 7) is 3.74. The van der Waals surface area contributed by atoms with Gasteiger partial charge in [0.25, 0.3) is 5.91 Å². The molecule has 5 nitrogen and oxygen atoms in total. The van der Waals surface area contributed by atoms with E-state index >= 15 is 0 Å². The first-order chi connectivity index (χ1) is 8.61. The number of oxime groups is 1. The van der Waals surface area contributed by atoms with Crippen molar-refractivity contribution in [2.75, 3.05) is 13.1 Å². The van der Waals surface area contributed by atoms with Gasteiger partial charge in [-0.15, -0.1) is 0 Å². The van der Waals surface area contributed by atoms with Gasteiger partial charge in [0.2, 0.25) is 0 Å². The van der Waals surface area contributed by atoms with Crippen LogP contribution in [0, 0.1) is 5.92 Å². The highest BCUT2D eigenvalue weighted by atomic mass is 16.4. The Morgan fingerprint density at radius 1 is 1.50 bits per heavy atom. The molecule has 1 fully saturated rings. The van der Waals surface area contributed by atoms with E-state index in [1.54, 1.807) is 24.3 Å². The molecule has 0 aromatic heterocycles. The molecule has 1 aliphatic heterocycles. The van der Waals surface area contributed by atoms with Gasteiger partial charge in [0.15, 0.2) is 5.84 Å². The van der Waals surface area contributed by atoms with E-state index in [4.69, 9.17) is 10.9 Å². The summed E-state index contributed by atoms with van der Waals surface area (Å²) in [6.07, 6.45) is 1.05. The Labute approximate surface area is 106 Å². The maximum Gasteiger partial charge on any atom is 0.253 e. The lowest BCUT2D eigenvalue weighted by molar-refractivity contribution is 0.0788. The van der Waals surface area contributed by atoms with Crippen molar-refractivity contribution in [3.63, 3.8) is 0 Å². The molecule has 1 aliphatic rings. The van der Waals surface area contributed by atoms with Crippen LogP contribution in [0.1, 0.15) is 29.3 Å². The zero-order valence-corrected chi connectivity index (χ0v) is 10.3. The van der Waals surface area contributed by atoms with Crippen LogP contribution < -0.4 is 5.73 Å². The summed E-state index contributed by atoms with van der Waals surface area (Å²) in [5.41, 5.74) is 6.64. The minimum Gasteiger partial charge on any atom is -0.409 e. The molecule has 0 radical (unpaired) electrons. The van der Waals surface area contributed by atoms with Gasteiger partial charge in [-0.1, -0.05) is 24.2 Å². The largest absolute Gasteiger partial charge is 0.409 e. The lowest BCUT2D eigenvalue weighted by Gasteiger charge is -2.16. The minimum absolute atomic E-state index is 0.00643. The molecule has 1 aromatic carbocycles. The zero-order valence-electron chi connectivity index (χ0n) is 10.3. The van der Waals surface area contributed by atoms with Crippen LogP contribution in [0.25, 0.3) is 0 Å². The molecule has 18 heavy (non-hydrogen) atoms. The number of rotatable bonds is 2. The van der Waals surface area contributed by atoms with Crippen molar-refractivity contribution in [3.8, 4) is 0 Å². The molecule has 0 bridgehead atoms. The number of amidine groups is 1. The van der Waals surface area contributed by atoms with E-state index in [2.05, 4.69) is 12.1 Å². The van der Waals surface area contributed by atoms with Gasteiger partial charge < -0.3 is 15.8 Å². The quantitative estimate of drug-likeness (QED) is 0.357. The van der Waals surface area contributed by atoms with Crippen molar-refractivity contribution in [3.05, 3.63) is 35.4 Å². The highest BCUT2D eigenvalue weighted by Crippen LogP contribution is 2.18. The number of amides is 1. The molecule has 1 saturated heterocycles. The van der Waals surface area contributed by atoms with Gasteiger partial charge in [-0.2, -0.15) is 0 Å². The molecule has 0 aliphatic carbocycles. The molecule has 0 saturated carbocycles. The van der Waals surface area contributed by atoms with Crippen molar-refractivity contribution in [1.29, 1.82) is 0 Å². The first kappa shape index (κ1) is 12.4. The molecule has 1 atom stereocenters. The van der Waals surface area contributed by atoms with E-state index in [9.17, 15) is 4.79 Å². The Kier molecular flexibility index (Phi) is 3.50. The topological polar surface area (TPSA) is 78.9 Å². The molecule has 2 rings (SSSR count). The fourth-order valence-electron chi connectivity index (χ4n) is 2.17. The fourth-order valence-corrected chi connectivity index (χ4v) is 2.17. The van der Waals surface area contributed by atoms with Gasteiger partial charge in [-0.05, 0) is 24.5 Å². The normalized spacial score (nSPS) is 20.2. The molecule has 1 aromatic rings. The Morgan fingerprint density at radius 3 is 2.83 bits per heavy atom. The maximum absolute atomic E-state index is 12.2.